The summed E-state index contributed by atoms with van der Waals surface area (Å²) < 4.78 is 11.7. The van der Waals surface area contributed by atoms with E-state index in [1.165, 1.54) is 0 Å². The Balaban J connectivity index is 1.82. The van der Waals surface area contributed by atoms with E-state index in [1.807, 2.05) is 31.2 Å². The Kier molecular flexibility index (Phi) is 6.58. The lowest BCUT2D eigenvalue weighted by atomic mass is 9.85. The maximum absolute atomic E-state index is 12.8. The fourth-order valence-electron chi connectivity index (χ4n) is 5.54. The molecule has 5 rings (SSSR count). The molecule has 0 aliphatic carbocycles. The molecule has 4 aromatic carbocycles. The largest absolute Gasteiger partial charge is 0.501 e. The van der Waals surface area contributed by atoms with Crippen molar-refractivity contribution in [3.05, 3.63) is 106 Å². The minimum Gasteiger partial charge on any atom is -0.501 e. The first kappa shape index (κ1) is 25.3. The molecule has 0 saturated carbocycles. The number of rotatable bonds is 6. The Bertz CT molecular complexity index is 1690. The van der Waals surface area contributed by atoms with E-state index in [1.54, 1.807) is 14.0 Å². The number of ketones is 1. The monoisotopic (exact) mass is 503 g/mol. The Morgan fingerprint density at radius 3 is 1.95 bits per heavy atom. The first-order chi connectivity index (χ1) is 18.2. The fraction of sp³-hybridized carbons (Fsp3) is 0.206. The molecule has 1 aromatic heterocycles. The molecule has 0 aliphatic heterocycles. The van der Waals surface area contributed by atoms with E-state index in [0.29, 0.717) is 11.3 Å². The first-order valence-electron chi connectivity index (χ1n) is 12.9. The van der Waals surface area contributed by atoms with E-state index in [-0.39, 0.29) is 5.78 Å². The molecule has 5 aromatic rings. The lowest BCUT2D eigenvalue weighted by molar-refractivity contribution is -0.111. The average Bonchev–Trinajstić information content (AvgIpc) is 3.30. The SMILES string of the molecule is CO/C(C)=C(\C(C)=O)c1c(C)c(C)c(N(c2ccccc2)c2ccc3oc4ccccc4c3c2)c(C)c1C. The number of carbonyl (C=O) groups excluding carboxylic acids is 1. The Morgan fingerprint density at radius 1 is 0.711 bits per heavy atom. The second-order valence-corrected chi connectivity index (χ2v) is 9.86. The van der Waals surface area contributed by atoms with Gasteiger partial charge in [-0.2, -0.15) is 0 Å². The molecule has 0 N–H and O–H groups in total. The van der Waals surface area contributed by atoms with Crippen LogP contribution in [0.5, 0.6) is 0 Å². The van der Waals surface area contributed by atoms with Crippen LogP contribution in [0.1, 0.15) is 41.7 Å². The Hall–Kier alpha value is -4.31. The number of ether oxygens (including phenoxy) is 1. The first-order valence-corrected chi connectivity index (χ1v) is 12.9. The highest BCUT2D eigenvalue weighted by Crippen LogP contribution is 2.45. The van der Waals surface area contributed by atoms with E-state index in [9.17, 15) is 4.79 Å². The van der Waals surface area contributed by atoms with Gasteiger partial charge in [0.2, 0.25) is 0 Å². The van der Waals surface area contributed by atoms with Crippen LogP contribution in [0, 0.1) is 27.7 Å². The highest BCUT2D eigenvalue weighted by atomic mass is 16.5. The van der Waals surface area contributed by atoms with Crippen LogP contribution in [-0.4, -0.2) is 12.9 Å². The summed E-state index contributed by atoms with van der Waals surface area (Å²) in [5.74, 6) is 0.631. The zero-order valence-corrected chi connectivity index (χ0v) is 23.1. The van der Waals surface area contributed by atoms with Crippen LogP contribution < -0.4 is 4.90 Å². The van der Waals surface area contributed by atoms with Gasteiger partial charge in [0, 0.05) is 22.1 Å². The molecular weight excluding hydrogens is 470 g/mol. The van der Waals surface area contributed by atoms with Crippen molar-refractivity contribution in [3.8, 4) is 0 Å². The van der Waals surface area contributed by atoms with Crippen molar-refractivity contribution < 1.29 is 13.9 Å². The molecule has 0 amide bonds. The Morgan fingerprint density at radius 2 is 1.32 bits per heavy atom. The molecule has 0 spiro atoms. The molecule has 0 bridgehead atoms. The highest BCUT2D eigenvalue weighted by Gasteiger charge is 2.26. The molecular formula is C34H33NO3. The van der Waals surface area contributed by atoms with Crippen LogP contribution in [-0.2, 0) is 9.53 Å². The third-order valence-corrected chi connectivity index (χ3v) is 7.70. The molecule has 0 unspecified atom stereocenters. The van der Waals surface area contributed by atoms with E-state index >= 15 is 0 Å². The molecule has 0 atom stereocenters. The quantitative estimate of drug-likeness (QED) is 0.171. The predicted octanol–water partition coefficient (Wildman–Crippen LogP) is 9.26. The van der Waals surface area contributed by atoms with Crippen LogP contribution in [0.25, 0.3) is 27.5 Å². The van der Waals surface area contributed by atoms with Gasteiger partial charge in [-0.05, 0) is 106 Å². The van der Waals surface area contributed by atoms with Crippen LogP contribution in [0.15, 0.2) is 83.0 Å². The molecule has 0 aliphatic rings. The van der Waals surface area contributed by atoms with E-state index in [2.05, 4.69) is 81.1 Å². The second kappa shape index (κ2) is 9.86. The number of allylic oxidation sites excluding steroid dienone is 2. The summed E-state index contributed by atoms with van der Waals surface area (Å²) in [6, 6.07) is 24.9. The summed E-state index contributed by atoms with van der Waals surface area (Å²) >= 11 is 0. The number of nitrogens with zero attached hydrogens (tertiary/aromatic N) is 1. The summed E-state index contributed by atoms with van der Waals surface area (Å²) in [6.07, 6.45) is 0. The maximum atomic E-state index is 12.8. The van der Waals surface area contributed by atoms with Gasteiger partial charge in [-0.1, -0.05) is 36.4 Å². The van der Waals surface area contributed by atoms with E-state index < -0.39 is 0 Å². The summed E-state index contributed by atoms with van der Waals surface area (Å²) in [7, 11) is 1.61. The van der Waals surface area contributed by atoms with Crippen molar-refractivity contribution in [3.63, 3.8) is 0 Å². The molecule has 0 radical (unpaired) electrons. The smallest absolute Gasteiger partial charge is 0.163 e. The zero-order valence-electron chi connectivity index (χ0n) is 23.1. The second-order valence-electron chi connectivity index (χ2n) is 9.86. The fourth-order valence-corrected chi connectivity index (χ4v) is 5.54. The minimum atomic E-state index is -0.000645. The molecule has 192 valence electrons. The Labute approximate surface area is 224 Å². The molecule has 0 fully saturated rings. The lowest BCUT2D eigenvalue weighted by Crippen LogP contribution is -2.16. The standard InChI is InChI=1S/C34H33NO3/c1-20-22(3)34(23(4)21(2)32(20)33(24(5)36)25(6)37-7)35(26-13-9-8-10-14-26)27-17-18-31-29(19-27)28-15-11-12-16-30(28)38-31/h8-19H,1-7H3/b33-25+. The van der Waals surface area contributed by atoms with Crippen molar-refractivity contribution in [2.75, 3.05) is 12.0 Å². The van der Waals surface area contributed by atoms with Gasteiger partial charge in [0.25, 0.3) is 0 Å². The maximum Gasteiger partial charge on any atom is 0.163 e. The van der Waals surface area contributed by atoms with E-state index in [0.717, 1.165) is 66.8 Å². The van der Waals surface area contributed by atoms with Crippen molar-refractivity contribution in [2.24, 2.45) is 0 Å². The number of furan rings is 1. The van der Waals surface area contributed by atoms with Crippen LogP contribution in [0.2, 0.25) is 0 Å². The molecule has 1 heterocycles. The van der Waals surface area contributed by atoms with Gasteiger partial charge in [0.1, 0.15) is 16.9 Å². The van der Waals surface area contributed by atoms with Gasteiger partial charge in [-0.3, -0.25) is 4.79 Å². The van der Waals surface area contributed by atoms with Crippen LogP contribution in [0.3, 0.4) is 0 Å². The molecule has 4 nitrogen and oxygen atoms in total. The number of fused-ring (bicyclic) bond motifs is 3. The van der Waals surface area contributed by atoms with Gasteiger partial charge >= 0.3 is 0 Å². The van der Waals surface area contributed by atoms with Gasteiger partial charge in [0.05, 0.1) is 18.4 Å². The number of Topliss-reactive ketones (excluding diaryl/α,β-unsaturated/α-hetero) is 1. The topological polar surface area (TPSA) is 42.7 Å². The van der Waals surface area contributed by atoms with Gasteiger partial charge in [0.15, 0.2) is 5.78 Å². The van der Waals surface area contributed by atoms with E-state index in [4.69, 9.17) is 9.15 Å². The third kappa shape index (κ3) is 4.06. The molecule has 4 heteroatoms. The minimum absolute atomic E-state index is 0.000645. The highest BCUT2D eigenvalue weighted by molar-refractivity contribution is 6.21. The number of para-hydroxylation sites is 2. The molecule has 0 saturated heterocycles. The summed E-state index contributed by atoms with van der Waals surface area (Å²) in [6.45, 7) is 11.9. The number of carbonyl (C=O) groups is 1. The lowest BCUT2D eigenvalue weighted by Gasteiger charge is -2.32. The third-order valence-electron chi connectivity index (χ3n) is 7.70. The van der Waals surface area contributed by atoms with Crippen molar-refractivity contribution >= 4 is 50.4 Å². The number of hydrogen-bond acceptors (Lipinski definition) is 4. The predicted molar refractivity (Wildman–Crippen MR) is 158 cm³/mol. The normalized spacial score (nSPS) is 12.1. The van der Waals surface area contributed by atoms with Gasteiger partial charge < -0.3 is 14.1 Å². The number of anilines is 3. The number of benzene rings is 4. The zero-order chi connectivity index (χ0) is 27.1. The summed E-state index contributed by atoms with van der Waals surface area (Å²) in [4.78, 5) is 15.1. The van der Waals surface area contributed by atoms with Crippen LogP contribution >= 0.6 is 0 Å². The van der Waals surface area contributed by atoms with Crippen LogP contribution in [0.4, 0.5) is 17.1 Å². The van der Waals surface area contributed by atoms with Crippen molar-refractivity contribution in [1.29, 1.82) is 0 Å². The number of methoxy groups -OCH3 is 1. The van der Waals surface area contributed by atoms with Gasteiger partial charge in [-0.15, -0.1) is 0 Å². The number of hydrogen-bond donors (Lipinski definition) is 0. The summed E-state index contributed by atoms with van der Waals surface area (Å²) in [5, 5.41) is 2.18. The van der Waals surface area contributed by atoms with Gasteiger partial charge in [-0.25, -0.2) is 0 Å². The van der Waals surface area contributed by atoms with Crippen molar-refractivity contribution in [1.82, 2.24) is 0 Å². The summed E-state index contributed by atoms with van der Waals surface area (Å²) in [5.41, 5.74) is 10.9. The average molecular weight is 504 g/mol. The van der Waals surface area contributed by atoms with Crippen molar-refractivity contribution in [2.45, 2.75) is 41.5 Å². The molecule has 38 heavy (non-hydrogen) atoms.